The Bertz CT molecular complexity index is 1750. The largest absolute Gasteiger partial charge is 0.465 e. The molecule has 1 aliphatic carbocycles. The van der Waals surface area contributed by atoms with E-state index in [0.29, 0.717) is 12.0 Å². The van der Waals surface area contributed by atoms with E-state index in [2.05, 4.69) is 73.7 Å². The maximum Gasteiger partial charge on any atom is 0.355 e. The number of ether oxygens (including phenoxy) is 2. The lowest BCUT2D eigenvalue weighted by Gasteiger charge is -2.20. The Hall–Kier alpha value is -4.90. The van der Waals surface area contributed by atoms with E-state index in [9.17, 15) is 9.59 Å². The molecule has 0 radical (unpaired) electrons. The predicted molar refractivity (Wildman–Crippen MR) is 165 cm³/mol. The van der Waals surface area contributed by atoms with Gasteiger partial charge >= 0.3 is 11.9 Å². The lowest BCUT2D eigenvalue weighted by molar-refractivity contribution is 0.0546. The van der Waals surface area contributed by atoms with E-state index in [-0.39, 0.29) is 23.2 Å². The monoisotopic (exact) mass is 555 g/mol. The summed E-state index contributed by atoms with van der Waals surface area (Å²) in [6.45, 7) is 2.06. The third kappa shape index (κ3) is 4.71. The van der Waals surface area contributed by atoms with E-state index < -0.39 is 11.9 Å². The fourth-order valence-electron chi connectivity index (χ4n) is 6.41. The molecule has 42 heavy (non-hydrogen) atoms. The van der Waals surface area contributed by atoms with E-state index in [1.165, 1.54) is 36.5 Å². The van der Waals surface area contributed by atoms with Crippen LogP contribution >= 0.6 is 0 Å². The molecule has 0 bridgehead atoms. The van der Waals surface area contributed by atoms with Gasteiger partial charge < -0.3 is 14.0 Å². The van der Waals surface area contributed by atoms with Crippen molar-refractivity contribution in [1.82, 2.24) is 4.57 Å². The van der Waals surface area contributed by atoms with Crippen LogP contribution in [0.1, 0.15) is 68.4 Å². The van der Waals surface area contributed by atoms with Crippen LogP contribution in [0.15, 0.2) is 109 Å². The van der Waals surface area contributed by atoms with Gasteiger partial charge in [0.2, 0.25) is 0 Å². The Morgan fingerprint density at radius 2 is 1.38 bits per heavy atom. The SMILES string of the molecule is CCC(c1ccccc1)n1cc(-c2ccc3c(c2)-c2ccccc2C3Cc2ccccc2)c(C(=O)OC)c1C(=O)OC. The van der Waals surface area contributed by atoms with Crippen molar-refractivity contribution in [3.63, 3.8) is 0 Å². The summed E-state index contributed by atoms with van der Waals surface area (Å²) in [5.74, 6) is -0.925. The molecule has 0 amide bonds. The number of esters is 2. The third-order valence-corrected chi connectivity index (χ3v) is 8.36. The second-order valence-electron chi connectivity index (χ2n) is 10.6. The van der Waals surface area contributed by atoms with Crippen LogP contribution in [0.25, 0.3) is 22.3 Å². The van der Waals surface area contributed by atoms with Gasteiger partial charge in [-0.3, -0.25) is 0 Å². The summed E-state index contributed by atoms with van der Waals surface area (Å²) in [5, 5.41) is 0. The van der Waals surface area contributed by atoms with Gasteiger partial charge in [-0.2, -0.15) is 0 Å². The minimum Gasteiger partial charge on any atom is -0.465 e. The molecule has 1 aromatic heterocycles. The molecule has 2 unspecified atom stereocenters. The molecule has 4 aromatic carbocycles. The zero-order valence-corrected chi connectivity index (χ0v) is 24.0. The van der Waals surface area contributed by atoms with Crippen molar-refractivity contribution in [2.24, 2.45) is 0 Å². The van der Waals surface area contributed by atoms with Crippen LogP contribution in [0.4, 0.5) is 0 Å². The van der Waals surface area contributed by atoms with Crippen molar-refractivity contribution in [3.05, 3.63) is 143 Å². The molecule has 5 nitrogen and oxygen atoms in total. The zero-order chi connectivity index (χ0) is 29.2. The first-order valence-electron chi connectivity index (χ1n) is 14.3. The van der Waals surface area contributed by atoms with E-state index in [1.54, 1.807) is 0 Å². The third-order valence-electron chi connectivity index (χ3n) is 8.36. The standard InChI is InChI=1S/C37H33NO4/c1-4-33(25-15-9-6-10-16-25)38-23-32(34(36(39)41-2)35(38)37(40)42-3)26-19-20-29-30(21-24-13-7-5-8-14-24)27-17-11-12-18-28(27)31(29)22-26/h5-20,22-23,30,33H,4,21H2,1-3H3. The first-order chi connectivity index (χ1) is 20.5. The topological polar surface area (TPSA) is 57.5 Å². The zero-order valence-electron chi connectivity index (χ0n) is 24.0. The molecule has 2 atom stereocenters. The number of hydrogen-bond acceptors (Lipinski definition) is 4. The second-order valence-corrected chi connectivity index (χ2v) is 10.6. The molecule has 0 fully saturated rings. The van der Waals surface area contributed by atoms with Crippen molar-refractivity contribution in [2.45, 2.75) is 31.7 Å². The van der Waals surface area contributed by atoms with Gasteiger partial charge in [-0.1, -0.05) is 104 Å². The van der Waals surface area contributed by atoms with Gasteiger partial charge in [0.25, 0.3) is 0 Å². The maximum atomic E-state index is 13.4. The number of benzene rings is 4. The van der Waals surface area contributed by atoms with Gasteiger partial charge in [0.1, 0.15) is 11.3 Å². The number of nitrogens with zero attached hydrogens (tertiary/aromatic N) is 1. The van der Waals surface area contributed by atoms with Crippen molar-refractivity contribution in [3.8, 4) is 22.3 Å². The molecule has 0 N–H and O–H groups in total. The number of methoxy groups -OCH3 is 2. The predicted octanol–water partition coefficient (Wildman–Crippen LogP) is 8.08. The molecule has 1 heterocycles. The molecule has 0 spiro atoms. The maximum absolute atomic E-state index is 13.4. The van der Waals surface area contributed by atoms with Crippen molar-refractivity contribution >= 4 is 11.9 Å². The summed E-state index contributed by atoms with van der Waals surface area (Å²) in [5.41, 5.74) is 9.10. The Kier molecular flexibility index (Phi) is 7.49. The number of hydrogen-bond donors (Lipinski definition) is 0. The van der Waals surface area contributed by atoms with Crippen LogP contribution in [-0.2, 0) is 15.9 Å². The van der Waals surface area contributed by atoms with Crippen LogP contribution < -0.4 is 0 Å². The normalized spacial score (nSPS) is 14.1. The van der Waals surface area contributed by atoms with E-state index in [4.69, 9.17) is 9.47 Å². The number of rotatable bonds is 8. The van der Waals surface area contributed by atoms with Gasteiger partial charge in [0, 0.05) is 17.7 Å². The fourth-order valence-corrected chi connectivity index (χ4v) is 6.41. The number of aromatic nitrogens is 1. The van der Waals surface area contributed by atoms with Gasteiger partial charge in [0.15, 0.2) is 0 Å². The van der Waals surface area contributed by atoms with Crippen LogP contribution in [-0.4, -0.2) is 30.7 Å². The van der Waals surface area contributed by atoms with Gasteiger partial charge in [-0.25, -0.2) is 9.59 Å². The summed E-state index contributed by atoms with van der Waals surface area (Å²) in [6, 6.07) is 35.3. The Morgan fingerprint density at radius 1 is 0.738 bits per heavy atom. The molecule has 6 rings (SSSR count). The summed E-state index contributed by atoms with van der Waals surface area (Å²) in [6.07, 6.45) is 3.51. The molecule has 210 valence electrons. The minimum absolute atomic E-state index is 0.178. The number of carbonyl (C=O) groups is 2. The summed E-state index contributed by atoms with van der Waals surface area (Å²) in [7, 11) is 2.68. The highest BCUT2D eigenvalue weighted by Gasteiger charge is 2.33. The Labute approximate surface area is 246 Å². The first-order valence-corrected chi connectivity index (χ1v) is 14.3. The highest BCUT2D eigenvalue weighted by Crippen LogP contribution is 2.48. The molecule has 0 saturated carbocycles. The lowest BCUT2D eigenvalue weighted by atomic mass is 9.89. The Morgan fingerprint density at radius 3 is 2.07 bits per heavy atom. The van der Waals surface area contributed by atoms with Gasteiger partial charge in [0.05, 0.1) is 20.3 Å². The summed E-state index contributed by atoms with van der Waals surface area (Å²) >= 11 is 0. The highest BCUT2D eigenvalue weighted by molar-refractivity contribution is 6.08. The fraction of sp³-hybridized carbons (Fsp3) is 0.189. The van der Waals surface area contributed by atoms with E-state index in [1.807, 2.05) is 47.2 Å². The molecular weight excluding hydrogens is 522 g/mol. The molecular formula is C37H33NO4. The molecule has 0 saturated heterocycles. The van der Waals surface area contributed by atoms with Gasteiger partial charge in [-0.15, -0.1) is 0 Å². The minimum atomic E-state index is -0.578. The van der Waals surface area contributed by atoms with Crippen LogP contribution in [0, 0.1) is 0 Å². The van der Waals surface area contributed by atoms with E-state index >= 15 is 0 Å². The highest BCUT2D eigenvalue weighted by atomic mass is 16.5. The molecule has 0 aliphatic heterocycles. The average molecular weight is 556 g/mol. The van der Waals surface area contributed by atoms with Crippen LogP contribution in [0.5, 0.6) is 0 Å². The molecule has 1 aliphatic rings. The number of carbonyl (C=O) groups excluding carboxylic acids is 2. The number of fused-ring (bicyclic) bond motifs is 3. The van der Waals surface area contributed by atoms with Crippen LogP contribution in [0.3, 0.4) is 0 Å². The quantitative estimate of drug-likeness (QED) is 0.182. The average Bonchev–Trinajstić information content (AvgIpc) is 3.58. The van der Waals surface area contributed by atoms with Crippen molar-refractivity contribution in [2.75, 3.05) is 14.2 Å². The van der Waals surface area contributed by atoms with E-state index in [0.717, 1.165) is 23.1 Å². The van der Waals surface area contributed by atoms with Crippen molar-refractivity contribution in [1.29, 1.82) is 0 Å². The molecule has 5 heteroatoms. The Balaban J connectivity index is 1.54. The summed E-state index contributed by atoms with van der Waals surface area (Å²) in [4.78, 5) is 26.6. The van der Waals surface area contributed by atoms with Gasteiger partial charge in [-0.05, 0) is 57.9 Å². The first kappa shape index (κ1) is 27.3. The summed E-state index contributed by atoms with van der Waals surface area (Å²) < 4.78 is 12.3. The molecule has 5 aromatic rings. The second kappa shape index (κ2) is 11.5. The smallest absolute Gasteiger partial charge is 0.355 e. The van der Waals surface area contributed by atoms with Crippen molar-refractivity contribution < 1.29 is 19.1 Å². The lowest BCUT2D eigenvalue weighted by Crippen LogP contribution is -2.19. The van der Waals surface area contributed by atoms with Crippen LogP contribution in [0.2, 0.25) is 0 Å².